The van der Waals surface area contributed by atoms with E-state index in [1.54, 1.807) is 0 Å². The zero-order chi connectivity index (χ0) is 25.0. The van der Waals surface area contributed by atoms with Crippen LogP contribution in [0.5, 0.6) is 11.5 Å². The number of phenolic OH excluding ortho intramolecular Hbond substituents is 1. The molecular weight excluding hydrogens is 448 g/mol. The van der Waals surface area contributed by atoms with Crippen LogP contribution in [-0.4, -0.2) is 30.0 Å². The second kappa shape index (κ2) is 11.0. The molecule has 3 aromatic carbocycles. The van der Waals surface area contributed by atoms with E-state index in [2.05, 4.69) is 87.2 Å². The van der Waals surface area contributed by atoms with Crippen LogP contribution < -0.4 is 4.74 Å². The summed E-state index contributed by atoms with van der Waals surface area (Å²) in [5.74, 6) is 1.28. The maximum Gasteiger partial charge on any atom is 0.119 e. The van der Waals surface area contributed by atoms with E-state index in [1.807, 2.05) is 12.1 Å². The van der Waals surface area contributed by atoms with Crippen molar-refractivity contribution in [3.05, 3.63) is 89.0 Å². The second-order valence-electron chi connectivity index (χ2n) is 10.4. The summed E-state index contributed by atoms with van der Waals surface area (Å²) in [5.41, 5.74) is 7.61. The van der Waals surface area contributed by atoms with Crippen LogP contribution in [0.25, 0.3) is 11.1 Å². The minimum Gasteiger partial charge on any atom is -0.508 e. The van der Waals surface area contributed by atoms with Gasteiger partial charge in [0.15, 0.2) is 0 Å². The molecule has 0 heterocycles. The monoisotopic (exact) mass is 488 g/mol. The minimum absolute atomic E-state index is 0.269. The summed E-state index contributed by atoms with van der Waals surface area (Å²) < 4.78 is 6.27. The van der Waals surface area contributed by atoms with Crippen molar-refractivity contribution in [2.45, 2.75) is 63.4 Å². The molecule has 35 heavy (non-hydrogen) atoms. The van der Waals surface area contributed by atoms with Crippen LogP contribution in [0.4, 0.5) is 0 Å². The Morgan fingerprint density at radius 1 is 0.857 bits per heavy atom. The van der Waals surface area contributed by atoms with E-state index in [4.69, 9.17) is 4.74 Å². The van der Waals surface area contributed by atoms with Crippen molar-refractivity contribution in [1.29, 1.82) is 0 Å². The summed E-state index contributed by atoms with van der Waals surface area (Å²) in [4.78, 5) is 1.43. The number of aromatic hydroxyl groups is 1. The first-order valence-electron chi connectivity index (χ1n) is 12.9. The predicted octanol–water partition coefficient (Wildman–Crippen LogP) is 8.70. The van der Waals surface area contributed by atoms with Crippen molar-refractivity contribution in [3.63, 3.8) is 0 Å². The van der Waals surface area contributed by atoms with Gasteiger partial charge in [-0.25, -0.2) is 10.0 Å². The van der Waals surface area contributed by atoms with Gasteiger partial charge in [0.2, 0.25) is 0 Å². The standard InChI is InChI=1S/C32H40O2S/c1-6-9-27(7-2)34-28-17-12-24(13-18-28)32-30(23-14-19-29(20-15-23)35(3,4)5)11-8-10-25-22-26(33)16-21-31(25)32/h12-22,27,33H,6-11H2,1-5H3. The Morgan fingerprint density at radius 2 is 1.54 bits per heavy atom. The Kier molecular flexibility index (Phi) is 7.96. The van der Waals surface area contributed by atoms with Crippen LogP contribution in [0.3, 0.4) is 0 Å². The van der Waals surface area contributed by atoms with Gasteiger partial charge in [0.05, 0.1) is 6.10 Å². The summed E-state index contributed by atoms with van der Waals surface area (Å²) in [6, 6.07) is 23.8. The average Bonchev–Trinajstić information content (AvgIpc) is 3.03. The Balaban J connectivity index is 1.80. The van der Waals surface area contributed by atoms with E-state index in [1.165, 1.54) is 38.3 Å². The second-order valence-corrected chi connectivity index (χ2v) is 14.5. The number of allylic oxidation sites excluding steroid dienone is 1. The molecule has 1 N–H and O–H groups in total. The van der Waals surface area contributed by atoms with Crippen molar-refractivity contribution in [3.8, 4) is 11.5 Å². The highest BCUT2D eigenvalue weighted by Crippen LogP contribution is 2.46. The molecule has 0 saturated heterocycles. The first-order chi connectivity index (χ1) is 16.8. The highest BCUT2D eigenvalue weighted by atomic mass is 32.3. The number of rotatable bonds is 8. The third-order valence-electron chi connectivity index (χ3n) is 6.95. The summed E-state index contributed by atoms with van der Waals surface area (Å²) in [6.45, 7) is 4.40. The molecule has 4 rings (SSSR count). The highest BCUT2D eigenvalue weighted by Gasteiger charge is 2.21. The summed E-state index contributed by atoms with van der Waals surface area (Å²) in [5, 5.41) is 10.2. The fourth-order valence-corrected chi connectivity index (χ4v) is 5.97. The van der Waals surface area contributed by atoms with E-state index in [-0.39, 0.29) is 6.10 Å². The van der Waals surface area contributed by atoms with E-state index in [0.29, 0.717) is 5.75 Å². The number of hydrogen-bond acceptors (Lipinski definition) is 2. The van der Waals surface area contributed by atoms with Crippen molar-refractivity contribution < 1.29 is 9.84 Å². The van der Waals surface area contributed by atoms with Gasteiger partial charge in [0.1, 0.15) is 11.5 Å². The molecular formula is C32H40O2S. The maximum absolute atomic E-state index is 10.2. The van der Waals surface area contributed by atoms with Gasteiger partial charge >= 0.3 is 0 Å². The molecule has 0 saturated carbocycles. The van der Waals surface area contributed by atoms with Crippen molar-refractivity contribution in [2.75, 3.05) is 18.8 Å². The van der Waals surface area contributed by atoms with Crippen LogP contribution in [-0.2, 0) is 6.42 Å². The first kappa shape index (κ1) is 25.4. The molecule has 3 aromatic rings. The van der Waals surface area contributed by atoms with Gasteiger partial charge in [-0.2, -0.15) is 0 Å². The lowest BCUT2D eigenvalue weighted by atomic mass is 9.88. The molecule has 1 aliphatic carbocycles. The largest absolute Gasteiger partial charge is 0.508 e. The van der Waals surface area contributed by atoms with Gasteiger partial charge in [0, 0.05) is 0 Å². The SMILES string of the molecule is CCCC(CC)Oc1ccc(C2=C(c3ccc(S(C)(C)C)cc3)CCCc3cc(O)ccc32)cc1. The normalized spacial score (nSPS) is 15.3. The topological polar surface area (TPSA) is 29.5 Å². The molecule has 0 spiro atoms. The summed E-state index contributed by atoms with van der Waals surface area (Å²) in [7, 11) is -0.756. The maximum atomic E-state index is 10.2. The summed E-state index contributed by atoms with van der Waals surface area (Å²) >= 11 is 0. The Morgan fingerprint density at radius 3 is 2.17 bits per heavy atom. The fourth-order valence-electron chi connectivity index (χ4n) is 5.02. The molecule has 2 nitrogen and oxygen atoms in total. The smallest absolute Gasteiger partial charge is 0.119 e. The lowest BCUT2D eigenvalue weighted by Gasteiger charge is -2.26. The third-order valence-corrected chi connectivity index (χ3v) is 8.64. The van der Waals surface area contributed by atoms with Crippen molar-refractivity contribution in [2.24, 2.45) is 0 Å². The van der Waals surface area contributed by atoms with Crippen LogP contribution in [0, 0.1) is 0 Å². The quantitative estimate of drug-likeness (QED) is 0.343. The predicted molar refractivity (Wildman–Crippen MR) is 153 cm³/mol. The van der Waals surface area contributed by atoms with Crippen LogP contribution in [0.1, 0.15) is 68.2 Å². The van der Waals surface area contributed by atoms with Gasteiger partial charge < -0.3 is 9.84 Å². The van der Waals surface area contributed by atoms with E-state index >= 15 is 0 Å². The van der Waals surface area contributed by atoms with Crippen LogP contribution in [0.15, 0.2) is 71.6 Å². The Hall–Kier alpha value is -2.65. The van der Waals surface area contributed by atoms with Crippen LogP contribution >= 0.6 is 10.0 Å². The first-order valence-corrected chi connectivity index (χ1v) is 15.8. The highest BCUT2D eigenvalue weighted by molar-refractivity contribution is 8.32. The van der Waals surface area contributed by atoms with E-state index < -0.39 is 10.0 Å². The Labute approximate surface area is 213 Å². The van der Waals surface area contributed by atoms with Gasteiger partial charge in [-0.15, -0.1) is 0 Å². The fraction of sp³-hybridized carbons (Fsp3) is 0.375. The zero-order valence-corrected chi connectivity index (χ0v) is 22.8. The molecule has 1 unspecified atom stereocenters. The summed E-state index contributed by atoms with van der Waals surface area (Å²) in [6.07, 6.45) is 13.6. The molecule has 0 fully saturated rings. The number of phenols is 1. The molecule has 0 amide bonds. The van der Waals surface area contributed by atoms with Crippen molar-refractivity contribution in [1.82, 2.24) is 0 Å². The molecule has 0 aliphatic heterocycles. The molecule has 1 atom stereocenters. The Bertz CT molecular complexity index is 1170. The minimum atomic E-state index is -0.756. The van der Waals surface area contributed by atoms with Crippen LogP contribution in [0.2, 0.25) is 0 Å². The zero-order valence-electron chi connectivity index (χ0n) is 21.9. The van der Waals surface area contributed by atoms with E-state index in [9.17, 15) is 5.11 Å². The molecule has 1 aliphatic rings. The molecule has 0 bridgehead atoms. The van der Waals surface area contributed by atoms with Gasteiger partial charge in [0.25, 0.3) is 0 Å². The number of hydrogen-bond donors (Lipinski definition) is 1. The van der Waals surface area contributed by atoms with Crippen molar-refractivity contribution >= 4 is 21.2 Å². The van der Waals surface area contributed by atoms with Gasteiger partial charge in [-0.05, 0) is 126 Å². The molecule has 3 heteroatoms. The number of ether oxygens (including phenoxy) is 1. The lowest BCUT2D eigenvalue weighted by molar-refractivity contribution is 0.186. The molecule has 0 radical (unpaired) electrons. The number of benzene rings is 3. The number of fused-ring (bicyclic) bond motifs is 1. The lowest BCUT2D eigenvalue weighted by Crippen LogP contribution is -2.14. The van der Waals surface area contributed by atoms with Gasteiger partial charge in [-0.1, -0.05) is 50.6 Å². The van der Waals surface area contributed by atoms with Gasteiger partial charge in [-0.3, -0.25) is 0 Å². The molecule has 186 valence electrons. The van der Waals surface area contributed by atoms with E-state index in [0.717, 1.165) is 44.3 Å². The number of aryl methyl sites for hydroxylation is 1. The average molecular weight is 489 g/mol. The molecule has 0 aromatic heterocycles. The third kappa shape index (κ3) is 5.95.